The Kier molecular flexibility index (Phi) is 3.51. The van der Waals surface area contributed by atoms with Crippen LogP contribution in [-0.2, 0) is 12.6 Å². The molecule has 3 rings (SSSR count). The third kappa shape index (κ3) is 2.13. The van der Waals surface area contributed by atoms with Gasteiger partial charge in [-0.15, -0.1) is 0 Å². The Labute approximate surface area is 125 Å². The molecule has 1 aliphatic rings. The molecule has 0 amide bonds. The van der Waals surface area contributed by atoms with Crippen LogP contribution in [0, 0.1) is 5.92 Å². The number of halogens is 1. The van der Waals surface area contributed by atoms with Crippen molar-refractivity contribution in [3.05, 3.63) is 29.0 Å². The highest BCUT2D eigenvalue weighted by atomic mass is 35.5. The van der Waals surface area contributed by atoms with Crippen LogP contribution in [-0.4, -0.2) is 9.55 Å². The molecule has 1 aromatic carbocycles. The third-order valence-electron chi connectivity index (χ3n) is 4.87. The predicted molar refractivity (Wildman–Crippen MR) is 83.8 cm³/mol. The van der Waals surface area contributed by atoms with Gasteiger partial charge < -0.3 is 10.3 Å². The first kappa shape index (κ1) is 13.9. The standard InChI is InChI=1S/C16H22ClN3/c1-3-11-7-9-16(18,10-8-11)15-19-13-6-4-5-12(17)14(13)20(15)2/h4-6,11H,3,7-10,18H2,1-2H3. The number of aryl methyl sites for hydroxylation is 1. The third-order valence-corrected chi connectivity index (χ3v) is 5.17. The minimum absolute atomic E-state index is 0.303. The topological polar surface area (TPSA) is 43.8 Å². The molecule has 1 aromatic heterocycles. The SMILES string of the molecule is CCC1CCC(N)(c2nc3cccc(Cl)c3n2C)CC1. The maximum atomic E-state index is 6.69. The van der Waals surface area contributed by atoms with Crippen LogP contribution >= 0.6 is 11.6 Å². The summed E-state index contributed by atoms with van der Waals surface area (Å²) in [5, 5.41) is 0.745. The van der Waals surface area contributed by atoms with Crippen LogP contribution in [0.2, 0.25) is 5.02 Å². The van der Waals surface area contributed by atoms with Gasteiger partial charge in [-0.1, -0.05) is 31.0 Å². The number of fused-ring (bicyclic) bond motifs is 1. The minimum Gasteiger partial charge on any atom is -0.328 e. The molecule has 0 atom stereocenters. The van der Waals surface area contributed by atoms with Crippen LogP contribution in [0.5, 0.6) is 0 Å². The summed E-state index contributed by atoms with van der Waals surface area (Å²) in [5.41, 5.74) is 8.32. The van der Waals surface area contributed by atoms with Crippen LogP contribution in [0.15, 0.2) is 18.2 Å². The van der Waals surface area contributed by atoms with Gasteiger partial charge in [-0.05, 0) is 43.7 Å². The summed E-state index contributed by atoms with van der Waals surface area (Å²) in [5.74, 6) is 1.81. The molecule has 1 aliphatic carbocycles. The Bertz CT molecular complexity index is 624. The Balaban J connectivity index is 2.02. The average Bonchev–Trinajstić information content (AvgIpc) is 2.79. The number of hydrogen-bond donors (Lipinski definition) is 1. The second-order valence-corrected chi connectivity index (χ2v) is 6.52. The number of para-hydroxylation sites is 1. The van der Waals surface area contributed by atoms with E-state index in [9.17, 15) is 0 Å². The van der Waals surface area contributed by atoms with E-state index in [4.69, 9.17) is 22.3 Å². The Morgan fingerprint density at radius 3 is 2.70 bits per heavy atom. The molecule has 2 N–H and O–H groups in total. The average molecular weight is 292 g/mol. The molecule has 2 aromatic rings. The number of imidazole rings is 1. The van der Waals surface area contributed by atoms with E-state index in [-0.39, 0.29) is 5.54 Å². The molecule has 0 spiro atoms. The van der Waals surface area contributed by atoms with Gasteiger partial charge in [0.05, 0.1) is 21.6 Å². The van der Waals surface area contributed by atoms with Gasteiger partial charge >= 0.3 is 0 Å². The summed E-state index contributed by atoms with van der Waals surface area (Å²) >= 11 is 6.30. The quantitative estimate of drug-likeness (QED) is 0.909. The zero-order valence-electron chi connectivity index (χ0n) is 12.2. The Morgan fingerprint density at radius 1 is 1.40 bits per heavy atom. The predicted octanol–water partition coefficient (Wildman–Crippen LogP) is 3.98. The molecule has 1 fully saturated rings. The first-order chi connectivity index (χ1) is 9.55. The van der Waals surface area contributed by atoms with Gasteiger partial charge in [0.2, 0.25) is 0 Å². The molecule has 108 valence electrons. The van der Waals surface area contributed by atoms with E-state index in [1.807, 2.05) is 25.2 Å². The van der Waals surface area contributed by atoms with Crippen molar-refractivity contribution in [3.8, 4) is 0 Å². The zero-order chi connectivity index (χ0) is 14.3. The van der Waals surface area contributed by atoms with Crippen molar-refractivity contribution in [2.24, 2.45) is 18.7 Å². The summed E-state index contributed by atoms with van der Waals surface area (Å²) < 4.78 is 2.09. The van der Waals surface area contributed by atoms with E-state index >= 15 is 0 Å². The molecule has 4 heteroatoms. The van der Waals surface area contributed by atoms with Gasteiger partial charge in [-0.2, -0.15) is 0 Å². The fraction of sp³-hybridized carbons (Fsp3) is 0.562. The molecule has 1 saturated carbocycles. The molecule has 1 heterocycles. The van der Waals surface area contributed by atoms with Gasteiger partial charge in [0.15, 0.2) is 0 Å². The first-order valence-corrected chi connectivity index (χ1v) is 7.83. The first-order valence-electron chi connectivity index (χ1n) is 7.45. The highest BCUT2D eigenvalue weighted by molar-refractivity contribution is 6.35. The van der Waals surface area contributed by atoms with E-state index in [0.29, 0.717) is 0 Å². The molecule has 0 unspecified atom stereocenters. The van der Waals surface area contributed by atoms with E-state index in [1.54, 1.807) is 0 Å². The van der Waals surface area contributed by atoms with Crippen LogP contribution in [0.3, 0.4) is 0 Å². The molecule has 3 nitrogen and oxygen atoms in total. The maximum Gasteiger partial charge on any atom is 0.129 e. The van der Waals surface area contributed by atoms with Crippen molar-refractivity contribution in [2.75, 3.05) is 0 Å². The number of nitrogens with zero attached hydrogens (tertiary/aromatic N) is 2. The Hall–Kier alpha value is -1.06. The van der Waals surface area contributed by atoms with Crippen LogP contribution in [0.4, 0.5) is 0 Å². The van der Waals surface area contributed by atoms with E-state index in [2.05, 4.69) is 11.5 Å². The summed E-state index contributed by atoms with van der Waals surface area (Å²) in [6.07, 6.45) is 5.68. The molecule has 0 saturated heterocycles. The Morgan fingerprint density at radius 2 is 2.10 bits per heavy atom. The molecular formula is C16H22ClN3. The van der Waals surface area contributed by atoms with Crippen molar-refractivity contribution in [3.63, 3.8) is 0 Å². The van der Waals surface area contributed by atoms with E-state index < -0.39 is 0 Å². The van der Waals surface area contributed by atoms with E-state index in [1.165, 1.54) is 19.3 Å². The highest BCUT2D eigenvalue weighted by Crippen LogP contribution is 2.39. The fourth-order valence-corrected chi connectivity index (χ4v) is 3.79. The van der Waals surface area contributed by atoms with Crippen LogP contribution < -0.4 is 5.73 Å². The highest BCUT2D eigenvalue weighted by Gasteiger charge is 2.36. The maximum absolute atomic E-state index is 6.69. The lowest BCUT2D eigenvalue weighted by molar-refractivity contribution is 0.219. The lowest BCUT2D eigenvalue weighted by Gasteiger charge is -2.36. The van der Waals surface area contributed by atoms with Crippen LogP contribution in [0.25, 0.3) is 11.0 Å². The fourth-order valence-electron chi connectivity index (χ4n) is 3.49. The second-order valence-electron chi connectivity index (χ2n) is 6.11. The van der Waals surface area contributed by atoms with Crippen molar-refractivity contribution < 1.29 is 0 Å². The summed E-state index contributed by atoms with van der Waals surface area (Å²) in [6.45, 7) is 2.27. The second kappa shape index (κ2) is 5.05. The smallest absolute Gasteiger partial charge is 0.129 e. The summed E-state index contributed by atoms with van der Waals surface area (Å²) in [4.78, 5) is 4.77. The molecule has 20 heavy (non-hydrogen) atoms. The van der Waals surface area contributed by atoms with Crippen molar-refractivity contribution >= 4 is 22.6 Å². The number of hydrogen-bond acceptors (Lipinski definition) is 2. The summed E-state index contributed by atoms with van der Waals surface area (Å²) in [7, 11) is 2.02. The largest absolute Gasteiger partial charge is 0.328 e. The molecule has 0 bridgehead atoms. The normalized spacial score (nSPS) is 27.1. The van der Waals surface area contributed by atoms with Crippen molar-refractivity contribution in [2.45, 2.75) is 44.6 Å². The van der Waals surface area contributed by atoms with Crippen molar-refractivity contribution in [1.29, 1.82) is 0 Å². The number of rotatable bonds is 2. The monoisotopic (exact) mass is 291 g/mol. The lowest BCUT2D eigenvalue weighted by atomic mass is 9.75. The molecular weight excluding hydrogens is 270 g/mol. The van der Waals surface area contributed by atoms with Gasteiger partial charge in [-0.25, -0.2) is 4.98 Å². The van der Waals surface area contributed by atoms with Gasteiger partial charge in [0.1, 0.15) is 5.82 Å². The number of nitrogens with two attached hydrogens (primary N) is 1. The van der Waals surface area contributed by atoms with Crippen LogP contribution in [0.1, 0.15) is 44.9 Å². The minimum atomic E-state index is -0.303. The lowest BCUT2D eigenvalue weighted by Crippen LogP contribution is -2.42. The summed E-state index contributed by atoms with van der Waals surface area (Å²) in [6, 6.07) is 5.86. The van der Waals surface area contributed by atoms with Gasteiger partial charge in [0, 0.05) is 7.05 Å². The zero-order valence-corrected chi connectivity index (χ0v) is 13.0. The molecule has 0 radical (unpaired) electrons. The van der Waals surface area contributed by atoms with E-state index in [0.717, 1.165) is 40.6 Å². The number of benzene rings is 1. The van der Waals surface area contributed by atoms with Crippen molar-refractivity contribution in [1.82, 2.24) is 9.55 Å². The molecule has 0 aliphatic heterocycles. The van der Waals surface area contributed by atoms with Gasteiger partial charge in [0.25, 0.3) is 0 Å². The number of aromatic nitrogens is 2. The van der Waals surface area contributed by atoms with Gasteiger partial charge in [-0.3, -0.25) is 0 Å².